The summed E-state index contributed by atoms with van der Waals surface area (Å²) in [5.74, 6) is -0.321. The van der Waals surface area contributed by atoms with Crippen LogP contribution in [0.25, 0.3) is 0 Å². The number of amides is 1. The Morgan fingerprint density at radius 3 is 2.03 bits per heavy atom. The second-order valence-electron chi connectivity index (χ2n) is 9.26. The fourth-order valence-electron chi connectivity index (χ4n) is 3.83. The maximum absolute atomic E-state index is 12.5. The van der Waals surface area contributed by atoms with Crippen LogP contribution < -0.4 is 5.32 Å². The number of benzene rings is 2. The molecule has 0 saturated carbocycles. The molecule has 6 nitrogen and oxygen atoms in total. The third-order valence-electron chi connectivity index (χ3n) is 5.26. The summed E-state index contributed by atoms with van der Waals surface area (Å²) in [6.45, 7) is 7.20. The van der Waals surface area contributed by atoms with Gasteiger partial charge in [-0.25, -0.2) is 4.79 Å². The van der Waals surface area contributed by atoms with Crippen LogP contribution in [0.1, 0.15) is 38.8 Å². The second kappa shape index (κ2) is 10.6. The zero-order valence-electron chi connectivity index (χ0n) is 19.2. The van der Waals surface area contributed by atoms with Gasteiger partial charge in [-0.1, -0.05) is 60.7 Å². The van der Waals surface area contributed by atoms with Crippen LogP contribution in [0.4, 0.5) is 4.79 Å². The molecule has 3 rings (SSSR count). The Morgan fingerprint density at radius 1 is 0.938 bits per heavy atom. The lowest BCUT2D eigenvalue weighted by Crippen LogP contribution is -2.44. The molecule has 4 atom stereocenters. The number of hydrogen-bond donors (Lipinski definition) is 1. The molecular weight excluding hydrogens is 406 g/mol. The SMILES string of the molecule is CC(=O)OC[C@@H](Cc1ccccc1)[C@H]1O[C@@H]1[C@H](Cc1ccccc1)NC(=O)OC(C)(C)C. The van der Waals surface area contributed by atoms with E-state index in [1.165, 1.54) is 6.92 Å². The Balaban J connectivity index is 1.73. The number of epoxide rings is 1. The van der Waals surface area contributed by atoms with Crippen LogP contribution in [0, 0.1) is 5.92 Å². The summed E-state index contributed by atoms with van der Waals surface area (Å²) in [7, 11) is 0. The number of hydrogen-bond acceptors (Lipinski definition) is 5. The van der Waals surface area contributed by atoms with Gasteiger partial charge in [0.1, 0.15) is 11.7 Å². The van der Waals surface area contributed by atoms with Crippen LogP contribution in [0.5, 0.6) is 0 Å². The molecule has 6 heteroatoms. The monoisotopic (exact) mass is 439 g/mol. The largest absolute Gasteiger partial charge is 0.465 e. The molecule has 1 aliphatic rings. The van der Waals surface area contributed by atoms with Gasteiger partial charge in [0, 0.05) is 12.8 Å². The number of esters is 1. The first-order valence-corrected chi connectivity index (χ1v) is 11.1. The Kier molecular flexibility index (Phi) is 7.91. The van der Waals surface area contributed by atoms with E-state index in [4.69, 9.17) is 14.2 Å². The fourth-order valence-corrected chi connectivity index (χ4v) is 3.83. The van der Waals surface area contributed by atoms with Crippen LogP contribution >= 0.6 is 0 Å². The summed E-state index contributed by atoms with van der Waals surface area (Å²) in [6, 6.07) is 19.8. The van der Waals surface area contributed by atoms with E-state index in [0.717, 1.165) is 17.5 Å². The van der Waals surface area contributed by atoms with Gasteiger partial charge in [0.2, 0.25) is 0 Å². The first-order valence-electron chi connectivity index (χ1n) is 11.1. The molecule has 1 heterocycles. The third kappa shape index (κ3) is 7.68. The van der Waals surface area contributed by atoms with Crippen molar-refractivity contribution in [1.29, 1.82) is 0 Å². The standard InChI is InChI=1S/C26H33NO5/c1-18(28)30-17-21(15-19-11-7-5-8-12-19)23-24(31-23)22(16-20-13-9-6-10-14-20)27-25(29)32-26(2,3)4/h5-14,21-24H,15-17H2,1-4H3,(H,27,29)/t21-,22+,23-,24-/m1/s1. The second-order valence-corrected chi connectivity index (χ2v) is 9.26. The molecule has 0 spiro atoms. The summed E-state index contributed by atoms with van der Waals surface area (Å²) in [5, 5.41) is 3.00. The molecule has 1 fully saturated rings. The molecule has 0 bridgehead atoms. The lowest BCUT2D eigenvalue weighted by Gasteiger charge is -2.23. The molecule has 1 N–H and O–H groups in total. The average molecular weight is 440 g/mol. The van der Waals surface area contributed by atoms with Gasteiger partial charge in [0.25, 0.3) is 0 Å². The predicted octanol–water partition coefficient (Wildman–Crippen LogP) is 4.31. The van der Waals surface area contributed by atoms with Crippen LogP contribution in [-0.2, 0) is 31.8 Å². The van der Waals surface area contributed by atoms with Gasteiger partial charge in [-0.15, -0.1) is 0 Å². The van der Waals surface area contributed by atoms with Crippen molar-refractivity contribution < 1.29 is 23.8 Å². The van der Waals surface area contributed by atoms with Crippen LogP contribution in [-0.4, -0.2) is 42.5 Å². The molecular formula is C26H33NO5. The van der Waals surface area contributed by atoms with E-state index < -0.39 is 11.7 Å². The van der Waals surface area contributed by atoms with Crippen molar-refractivity contribution in [2.75, 3.05) is 6.61 Å². The van der Waals surface area contributed by atoms with E-state index in [1.807, 2.05) is 69.3 Å². The van der Waals surface area contributed by atoms with Crippen molar-refractivity contribution in [3.63, 3.8) is 0 Å². The lowest BCUT2D eigenvalue weighted by atomic mass is 9.91. The zero-order chi connectivity index (χ0) is 23.1. The van der Waals surface area contributed by atoms with Crippen LogP contribution in [0.2, 0.25) is 0 Å². The Morgan fingerprint density at radius 2 is 1.50 bits per heavy atom. The van der Waals surface area contributed by atoms with E-state index in [0.29, 0.717) is 6.42 Å². The molecule has 0 aromatic heterocycles. The minimum atomic E-state index is -0.587. The molecule has 2 aromatic rings. The normalized spacial score (nSPS) is 19.5. The highest BCUT2D eigenvalue weighted by molar-refractivity contribution is 5.68. The molecule has 1 amide bonds. The van der Waals surface area contributed by atoms with Gasteiger partial charge in [-0.2, -0.15) is 0 Å². The van der Waals surface area contributed by atoms with Gasteiger partial charge in [0.15, 0.2) is 0 Å². The summed E-state index contributed by atoms with van der Waals surface area (Å²) in [4.78, 5) is 24.0. The lowest BCUT2D eigenvalue weighted by molar-refractivity contribution is -0.142. The molecule has 1 saturated heterocycles. The number of carbonyl (C=O) groups excluding carboxylic acids is 2. The molecule has 0 unspecified atom stereocenters. The Hall–Kier alpha value is -2.86. The third-order valence-corrected chi connectivity index (χ3v) is 5.26. The minimum absolute atomic E-state index is 0.00925. The minimum Gasteiger partial charge on any atom is -0.465 e. The average Bonchev–Trinajstić information content (AvgIpc) is 3.51. The van der Waals surface area contributed by atoms with E-state index in [1.54, 1.807) is 0 Å². The molecule has 32 heavy (non-hydrogen) atoms. The van der Waals surface area contributed by atoms with Crippen molar-refractivity contribution in [2.24, 2.45) is 5.92 Å². The van der Waals surface area contributed by atoms with Crippen molar-refractivity contribution in [3.8, 4) is 0 Å². The first-order chi connectivity index (χ1) is 15.2. The summed E-state index contributed by atoms with van der Waals surface area (Å²) in [5.41, 5.74) is 1.66. The van der Waals surface area contributed by atoms with Gasteiger partial charge in [-0.05, 0) is 44.7 Å². The maximum Gasteiger partial charge on any atom is 0.407 e. The quantitative estimate of drug-likeness (QED) is 0.465. The predicted molar refractivity (Wildman–Crippen MR) is 122 cm³/mol. The highest BCUT2D eigenvalue weighted by Gasteiger charge is 2.50. The number of alkyl carbamates (subject to hydrolysis) is 1. The number of rotatable bonds is 9. The smallest absolute Gasteiger partial charge is 0.407 e. The van der Waals surface area contributed by atoms with E-state index in [9.17, 15) is 9.59 Å². The van der Waals surface area contributed by atoms with E-state index in [2.05, 4.69) is 17.4 Å². The summed E-state index contributed by atoms with van der Waals surface area (Å²) >= 11 is 0. The van der Waals surface area contributed by atoms with E-state index in [-0.39, 0.29) is 36.7 Å². The highest BCUT2D eigenvalue weighted by atomic mass is 16.6. The zero-order valence-corrected chi connectivity index (χ0v) is 19.2. The molecule has 172 valence electrons. The summed E-state index contributed by atoms with van der Waals surface area (Å²) < 4.78 is 16.9. The van der Waals surface area contributed by atoms with Gasteiger partial charge in [0.05, 0.1) is 18.8 Å². The molecule has 2 aromatic carbocycles. The highest BCUT2D eigenvalue weighted by Crippen LogP contribution is 2.35. The molecule has 0 radical (unpaired) electrons. The molecule has 1 aliphatic heterocycles. The van der Waals surface area contributed by atoms with Crippen LogP contribution in [0.3, 0.4) is 0 Å². The van der Waals surface area contributed by atoms with Crippen molar-refractivity contribution in [3.05, 3.63) is 71.8 Å². The topological polar surface area (TPSA) is 77.2 Å². The van der Waals surface area contributed by atoms with E-state index >= 15 is 0 Å². The van der Waals surface area contributed by atoms with Crippen molar-refractivity contribution in [2.45, 2.75) is 64.4 Å². The summed E-state index contributed by atoms with van der Waals surface area (Å²) in [6.07, 6.45) is 0.560. The Bertz CT molecular complexity index is 878. The number of nitrogens with one attached hydrogen (secondary N) is 1. The van der Waals surface area contributed by atoms with Gasteiger partial charge >= 0.3 is 12.1 Å². The van der Waals surface area contributed by atoms with Crippen molar-refractivity contribution >= 4 is 12.1 Å². The Labute approximate surface area is 190 Å². The van der Waals surface area contributed by atoms with Gasteiger partial charge < -0.3 is 19.5 Å². The van der Waals surface area contributed by atoms with Crippen molar-refractivity contribution in [1.82, 2.24) is 5.32 Å². The maximum atomic E-state index is 12.5. The van der Waals surface area contributed by atoms with Gasteiger partial charge in [-0.3, -0.25) is 4.79 Å². The number of ether oxygens (including phenoxy) is 3. The molecule has 0 aliphatic carbocycles. The fraction of sp³-hybridized carbons (Fsp3) is 0.462. The number of carbonyl (C=O) groups is 2. The van der Waals surface area contributed by atoms with Crippen LogP contribution in [0.15, 0.2) is 60.7 Å². The first kappa shape index (κ1) is 23.8.